The molecule has 3 N–H and O–H groups in total. The Kier molecular flexibility index (Phi) is 5.68. The van der Waals surface area contributed by atoms with Gasteiger partial charge in [-0.25, -0.2) is 4.79 Å². The molecule has 0 heterocycles. The second kappa shape index (κ2) is 7.92. The molecule has 2 aromatic carbocycles. The largest absolute Gasteiger partial charge is 0.480 e. The van der Waals surface area contributed by atoms with Gasteiger partial charge in [-0.2, -0.15) is 0 Å². The van der Waals surface area contributed by atoms with Gasteiger partial charge in [0.05, 0.1) is 0 Å². The molecule has 24 heavy (non-hydrogen) atoms. The van der Waals surface area contributed by atoms with Crippen LogP contribution in [-0.4, -0.2) is 28.9 Å². The van der Waals surface area contributed by atoms with Crippen molar-refractivity contribution in [3.05, 3.63) is 65.7 Å². The zero-order valence-corrected chi connectivity index (χ0v) is 13.2. The fourth-order valence-corrected chi connectivity index (χ4v) is 2.19. The summed E-state index contributed by atoms with van der Waals surface area (Å²) < 4.78 is 0. The zero-order chi connectivity index (χ0) is 17.5. The molecule has 2 rings (SSSR count). The number of carboxylic acids is 1. The minimum atomic E-state index is -1.11. The van der Waals surface area contributed by atoms with Crippen LogP contribution < -0.4 is 10.6 Å². The van der Waals surface area contributed by atoms with Gasteiger partial charge in [-0.05, 0) is 29.8 Å². The fourth-order valence-electron chi connectivity index (χ4n) is 2.19. The lowest BCUT2D eigenvalue weighted by Crippen LogP contribution is -2.42. The Balaban J connectivity index is 2.04. The van der Waals surface area contributed by atoms with Crippen molar-refractivity contribution >= 4 is 23.5 Å². The minimum absolute atomic E-state index is 0.147. The summed E-state index contributed by atoms with van der Waals surface area (Å²) in [5.74, 6) is -1.72. The Morgan fingerprint density at radius 1 is 1.00 bits per heavy atom. The molecule has 0 aliphatic carbocycles. The Morgan fingerprint density at radius 3 is 2.17 bits per heavy atom. The van der Waals surface area contributed by atoms with E-state index >= 15 is 0 Å². The molecule has 0 fully saturated rings. The van der Waals surface area contributed by atoms with Gasteiger partial charge in [0.2, 0.25) is 5.91 Å². The molecule has 0 saturated heterocycles. The summed E-state index contributed by atoms with van der Waals surface area (Å²) in [6.45, 7) is 1.41. The molecule has 6 heteroatoms. The number of amides is 2. The molecule has 0 spiro atoms. The van der Waals surface area contributed by atoms with Crippen LogP contribution in [0, 0.1) is 0 Å². The van der Waals surface area contributed by atoms with E-state index in [1.54, 1.807) is 54.6 Å². The van der Waals surface area contributed by atoms with Crippen molar-refractivity contribution in [2.75, 3.05) is 5.32 Å². The molecule has 0 aliphatic heterocycles. The highest BCUT2D eigenvalue weighted by Crippen LogP contribution is 2.12. The molecule has 2 aromatic rings. The second-order valence-corrected chi connectivity index (χ2v) is 5.31. The van der Waals surface area contributed by atoms with Crippen molar-refractivity contribution in [3.8, 4) is 0 Å². The molecule has 0 aromatic heterocycles. The normalized spacial score (nSPS) is 11.4. The maximum absolute atomic E-state index is 12.1. The summed E-state index contributed by atoms with van der Waals surface area (Å²) in [7, 11) is 0. The predicted octanol–water partition coefficient (Wildman–Crippen LogP) is 2.07. The van der Waals surface area contributed by atoms with Gasteiger partial charge in [-0.3, -0.25) is 9.59 Å². The summed E-state index contributed by atoms with van der Waals surface area (Å²) >= 11 is 0. The number of hydrogen-bond acceptors (Lipinski definition) is 3. The molecule has 124 valence electrons. The molecule has 0 aliphatic rings. The van der Waals surface area contributed by atoms with Gasteiger partial charge in [0.1, 0.15) is 6.04 Å². The van der Waals surface area contributed by atoms with E-state index in [9.17, 15) is 19.5 Å². The summed E-state index contributed by atoms with van der Waals surface area (Å²) in [6.07, 6.45) is 0.147. The van der Waals surface area contributed by atoms with Crippen LogP contribution in [0.4, 0.5) is 5.69 Å². The Bertz CT molecular complexity index is 726. The van der Waals surface area contributed by atoms with Gasteiger partial charge in [-0.15, -0.1) is 0 Å². The third-order valence-corrected chi connectivity index (χ3v) is 3.35. The summed E-state index contributed by atoms with van der Waals surface area (Å²) in [4.78, 5) is 34.5. The maximum atomic E-state index is 12.1. The SMILES string of the molecule is CC(=O)Nc1ccc(CC(NC(=O)c2ccccc2)C(=O)O)cc1. The first-order chi connectivity index (χ1) is 11.5. The maximum Gasteiger partial charge on any atom is 0.326 e. The lowest BCUT2D eigenvalue weighted by atomic mass is 10.0. The van der Waals surface area contributed by atoms with E-state index in [1.807, 2.05) is 0 Å². The van der Waals surface area contributed by atoms with Crippen LogP contribution in [0.2, 0.25) is 0 Å². The van der Waals surface area contributed by atoms with E-state index in [2.05, 4.69) is 10.6 Å². The van der Waals surface area contributed by atoms with Crippen LogP contribution in [0.5, 0.6) is 0 Å². The van der Waals surface area contributed by atoms with E-state index in [0.29, 0.717) is 11.3 Å². The van der Waals surface area contributed by atoms with Gasteiger partial charge in [0, 0.05) is 24.6 Å². The average Bonchev–Trinajstić information content (AvgIpc) is 2.56. The number of nitrogens with one attached hydrogen (secondary N) is 2. The van der Waals surface area contributed by atoms with Crippen molar-refractivity contribution in [1.29, 1.82) is 0 Å². The van der Waals surface area contributed by atoms with Crippen molar-refractivity contribution in [3.63, 3.8) is 0 Å². The summed E-state index contributed by atoms with van der Waals surface area (Å²) in [5, 5.41) is 14.5. The summed E-state index contributed by atoms with van der Waals surface area (Å²) in [6, 6.07) is 14.2. The molecule has 0 bridgehead atoms. The van der Waals surface area contributed by atoms with E-state index in [1.165, 1.54) is 6.92 Å². The minimum Gasteiger partial charge on any atom is -0.480 e. The lowest BCUT2D eigenvalue weighted by molar-refractivity contribution is -0.139. The Hall–Kier alpha value is -3.15. The Morgan fingerprint density at radius 2 is 1.62 bits per heavy atom. The van der Waals surface area contributed by atoms with Crippen molar-refractivity contribution in [1.82, 2.24) is 5.32 Å². The van der Waals surface area contributed by atoms with Crippen LogP contribution in [0.1, 0.15) is 22.8 Å². The third kappa shape index (κ3) is 4.95. The van der Waals surface area contributed by atoms with Crippen LogP contribution in [0.15, 0.2) is 54.6 Å². The molecule has 6 nitrogen and oxygen atoms in total. The number of carbonyl (C=O) groups is 3. The predicted molar refractivity (Wildman–Crippen MR) is 89.8 cm³/mol. The Labute approximate surface area is 139 Å². The van der Waals surface area contributed by atoms with Crippen LogP contribution in [-0.2, 0) is 16.0 Å². The van der Waals surface area contributed by atoms with Gasteiger partial charge >= 0.3 is 5.97 Å². The number of benzene rings is 2. The number of carboxylic acid groups (broad SMARTS) is 1. The molecular formula is C18H18N2O4. The quantitative estimate of drug-likeness (QED) is 0.757. The van der Waals surface area contributed by atoms with Crippen molar-refractivity contribution in [2.45, 2.75) is 19.4 Å². The van der Waals surface area contributed by atoms with E-state index in [-0.39, 0.29) is 12.3 Å². The first-order valence-corrected chi connectivity index (χ1v) is 7.41. The van der Waals surface area contributed by atoms with Gasteiger partial charge in [0.15, 0.2) is 0 Å². The van der Waals surface area contributed by atoms with E-state index in [0.717, 1.165) is 5.56 Å². The first kappa shape index (κ1) is 17.2. The van der Waals surface area contributed by atoms with Gasteiger partial charge in [0.25, 0.3) is 5.91 Å². The molecular weight excluding hydrogens is 308 g/mol. The first-order valence-electron chi connectivity index (χ1n) is 7.41. The van der Waals surface area contributed by atoms with Crippen LogP contribution in [0.25, 0.3) is 0 Å². The van der Waals surface area contributed by atoms with E-state index < -0.39 is 17.9 Å². The van der Waals surface area contributed by atoms with Crippen LogP contribution in [0.3, 0.4) is 0 Å². The number of rotatable bonds is 6. The van der Waals surface area contributed by atoms with Crippen LogP contribution >= 0.6 is 0 Å². The third-order valence-electron chi connectivity index (χ3n) is 3.35. The summed E-state index contributed by atoms with van der Waals surface area (Å²) in [5.41, 5.74) is 1.78. The molecule has 1 atom stereocenters. The fraction of sp³-hybridized carbons (Fsp3) is 0.167. The highest BCUT2D eigenvalue weighted by molar-refractivity contribution is 5.96. The zero-order valence-electron chi connectivity index (χ0n) is 13.2. The number of anilines is 1. The number of aliphatic carboxylic acids is 1. The highest BCUT2D eigenvalue weighted by atomic mass is 16.4. The average molecular weight is 326 g/mol. The monoisotopic (exact) mass is 326 g/mol. The highest BCUT2D eigenvalue weighted by Gasteiger charge is 2.21. The smallest absolute Gasteiger partial charge is 0.326 e. The topological polar surface area (TPSA) is 95.5 Å². The standard InChI is InChI=1S/C18H18N2O4/c1-12(21)19-15-9-7-13(8-10-15)11-16(18(23)24)20-17(22)14-5-3-2-4-6-14/h2-10,16H,11H2,1H3,(H,19,21)(H,20,22)(H,23,24). The van der Waals surface area contributed by atoms with Gasteiger partial charge in [-0.1, -0.05) is 30.3 Å². The van der Waals surface area contributed by atoms with E-state index in [4.69, 9.17) is 0 Å². The second-order valence-electron chi connectivity index (χ2n) is 5.31. The molecule has 2 amide bonds. The lowest BCUT2D eigenvalue weighted by Gasteiger charge is -2.15. The number of hydrogen-bond donors (Lipinski definition) is 3. The number of carbonyl (C=O) groups excluding carboxylic acids is 2. The van der Waals surface area contributed by atoms with Crippen molar-refractivity contribution < 1.29 is 19.5 Å². The molecule has 1 unspecified atom stereocenters. The van der Waals surface area contributed by atoms with Crippen molar-refractivity contribution in [2.24, 2.45) is 0 Å². The van der Waals surface area contributed by atoms with Gasteiger partial charge < -0.3 is 15.7 Å². The molecule has 0 saturated carbocycles. The molecule has 0 radical (unpaired) electrons.